The summed E-state index contributed by atoms with van der Waals surface area (Å²) < 4.78 is 0. The van der Waals surface area contributed by atoms with Crippen molar-refractivity contribution in [1.29, 1.82) is 0 Å². The number of halogens is 2. The van der Waals surface area contributed by atoms with Crippen molar-refractivity contribution in [3.8, 4) is 0 Å². The van der Waals surface area contributed by atoms with E-state index in [9.17, 15) is 9.59 Å². The Kier molecular flexibility index (Phi) is 8.75. The quantitative estimate of drug-likeness (QED) is 0.566. The van der Waals surface area contributed by atoms with Gasteiger partial charge in [0.1, 0.15) is 6.04 Å². The van der Waals surface area contributed by atoms with E-state index in [4.69, 9.17) is 23.2 Å². The lowest BCUT2D eigenvalue weighted by Gasteiger charge is -2.33. The maximum absolute atomic E-state index is 13.3. The number of nitrogens with zero attached hydrogens (tertiary/aromatic N) is 1. The Hall–Kier alpha value is -2.04. The zero-order valence-corrected chi connectivity index (χ0v) is 19.6. The Morgan fingerprint density at radius 3 is 2.13 bits per heavy atom. The van der Waals surface area contributed by atoms with Crippen LogP contribution < -0.4 is 5.32 Å². The van der Waals surface area contributed by atoms with Crippen molar-refractivity contribution in [3.63, 3.8) is 0 Å². The Labute approximate surface area is 189 Å². The molecule has 2 rings (SSSR count). The maximum atomic E-state index is 13.3. The first-order valence-corrected chi connectivity index (χ1v) is 11.0. The third-order valence-corrected chi connectivity index (χ3v) is 5.45. The molecule has 2 aromatic carbocycles. The van der Waals surface area contributed by atoms with Crippen LogP contribution in [-0.4, -0.2) is 28.3 Å². The summed E-state index contributed by atoms with van der Waals surface area (Å²) >= 11 is 12.7. The number of hydrogen-bond acceptors (Lipinski definition) is 2. The van der Waals surface area contributed by atoms with E-state index in [0.29, 0.717) is 34.9 Å². The molecule has 0 aliphatic heterocycles. The Morgan fingerprint density at radius 1 is 1.00 bits per heavy atom. The normalized spacial score (nSPS) is 12.3. The summed E-state index contributed by atoms with van der Waals surface area (Å²) in [5.74, 6) is -0.285. The van der Waals surface area contributed by atoms with Crippen LogP contribution in [-0.2, 0) is 22.6 Å². The number of aryl methyl sites for hydroxylation is 1. The second-order valence-corrected chi connectivity index (χ2v) is 9.19. The molecule has 0 aliphatic rings. The van der Waals surface area contributed by atoms with Gasteiger partial charge < -0.3 is 10.2 Å². The minimum Gasteiger partial charge on any atom is -0.350 e. The van der Waals surface area contributed by atoms with Crippen molar-refractivity contribution in [2.75, 3.05) is 0 Å². The lowest BCUT2D eigenvalue weighted by molar-refractivity contribution is -0.142. The van der Waals surface area contributed by atoms with Gasteiger partial charge in [-0.3, -0.25) is 9.59 Å². The average molecular weight is 449 g/mol. The van der Waals surface area contributed by atoms with Crippen molar-refractivity contribution in [2.24, 2.45) is 0 Å². The molecule has 0 fully saturated rings. The SMILES string of the molecule is CC[C@H](C(=O)NC(C)(C)C)N(Cc1c(Cl)cccc1Cl)C(=O)CCc1ccccc1. The highest BCUT2D eigenvalue weighted by Crippen LogP contribution is 2.27. The first-order valence-electron chi connectivity index (χ1n) is 10.2. The van der Waals surface area contributed by atoms with E-state index in [2.05, 4.69) is 5.32 Å². The van der Waals surface area contributed by atoms with Gasteiger partial charge in [0.2, 0.25) is 11.8 Å². The first kappa shape index (κ1) is 24.2. The van der Waals surface area contributed by atoms with Crippen molar-refractivity contribution in [2.45, 2.75) is 65.1 Å². The van der Waals surface area contributed by atoms with Crippen LogP contribution in [0, 0.1) is 0 Å². The number of benzene rings is 2. The van der Waals surface area contributed by atoms with Gasteiger partial charge in [0.25, 0.3) is 0 Å². The summed E-state index contributed by atoms with van der Waals surface area (Å²) in [4.78, 5) is 27.9. The summed E-state index contributed by atoms with van der Waals surface area (Å²) in [6, 6.07) is 14.5. The van der Waals surface area contributed by atoms with Gasteiger partial charge >= 0.3 is 0 Å². The van der Waals surface area contributed by atoms with Crippen molar-refractivity contribution < 1.29 is 9.59 Å². The molecule has 0 saturated carbocycles. The molecular weight excluding hydrogens is 419 g/mol. The van der Waals surface area contributed by atoms with E-state index in [1.165, 1.54) is 0 Å². The number of hydrogen-bond donors (Lipinski definition) is 1. The number of nitrogens with one attached hydrogen (secondary N) is 1. The summed E-state index contributed by atoms with van der Waals surface area (Å²) in [6.45, 7) is 7.85. The van der Waals surface area contributed by atoms with Crippen LogP contribution in [0.25, 0.3) is 0 Å². The minimum absolute atomic E-state index is 0.106. The molecule has 0 unspecified atom stereocenters. The van der Waals surface area contributed by atoms with Crippen LogP contribution >= 0.6 is 23.2 Å². The predicted octanol–water partition coefficient (Wildman–Crippen LogP) is 5.65. The smallest absolute Gasteiger partial charge is 0.243 e. The summed E-state index contributed by atoms with van der Waals surface area (Å²) in [7, 11) is 0. The molecule has 2 aromatic rings. The maximum Gasteiger partial charge on any atom is 0.243 e. The van der Waals surface area contributed by atoms with E-state index in [-0.39, 0.29) is 18.4 Å². The van der Waals surface area contributed by atoms with E-state index in [1.54, 1.807) is 23.1 Å². The fourth-order valence-electron chi connectivity index (χ4n) is 3.27. The van der Waals surface area contributed by atoms with Crippen LogP contribution in [0.5, 0.6) is 0 Å². The zero-order chi connectivity index (χ0) is 22.3. The molecule has 0 aliphatic carbocycles. The van der Waals surface area contributed by atoms with Gasteiger partial charge in [-0.1, -0.05) is 66.5 Å². The summed E-state index contributed by atoms with van der Waals surface area (Å²) in [5, 5.41) is 3.96. The van der Waals surface area contributed by atoms with Gasteiger partial charge in [-0.2, -0.15) is 0 Å². The highest BCUT2D eigenvalue weighted by atomic mass is 35.5. The van der Waals surface area contributed by atoms with Crippen LogP contribution in [0.3, 0.4) is 0 Å². The first-order chi connectivity index (χ1) is 14.1. The Bertz CT molecular complexity index is 843. The van der Waals surface area contributed by atoms with Gasteiger partial charge in [-0.15, -0.1) is 0 Å². The topological polar surface area (TPSA) is 49.4 Å². The van der Waals surface area contributed by atoms with Gasteiger partial charge in [0, 0.05) is 34.1 Å². The summed E-state index contributed by atoms with van der Waals surface area (Å²) in [5.41, 5.74) is 1.33. The lowest BCUT2D eigenvalue weighted by atomic mass is 10.0. The zero-order valence-electron chi connectivity index (χ0n) is 18.0. The number of rotatable bonds is 8. The Balaban J connectivity index is 2.30. The number of carbonyl (C=O) groups is 2. The fourth-order valence-corrected chi connectivity index (χ4v) is 3.78. The van der Waals surface area contributed by atoms with Crippen LogP contribution in [0.1, 0.15) is 51.7 Å². The molecule has 0 heterocycles. The molecule has 4 nitrogen and oxygen atoms in total. The fraction of sp³-hybridized carbons (Fsp3) is 0.417. The third kappa shape index (κ3) is 7.03. The van der Waals surface area contributed by atoms with E-state index in [0.717, 1.165) is 5.56 Å². The van der Waals surface area contributed by atoms with Gasteiger partial charge in [0.05, 0.1) is 0 Å². The van der Waals surface area contributed by atoms with Crippen molar-refractivity contribution in [3.05, 3.63) is 69.7 Å². The van der Waals surface area contributed by atoms with Crippen molar-refractivity contribution >= 4 is 35.0 Å². The van der Waals surface area contributed by atoms with Crippen LogP contribution in [0.15, 0.2) is 48.5 Å². The monoisotopic (exact) mass is 448 g/mol. The third-order valence-electron chi connectivity index (χ3n) is 4.74. The highest BCUT2D eigenvalue weighted by molar-refractivity contribution is 6.36. The van der Waals surface area contributed by atoms with Crippen molar-refractivity contribution in [1.82, 2.24) is 10.2 Å². The average Bonchev–Trinajstić information content (AvgIpc) is 2.67. The van der Waals surface area contributed by atoms with E-state index in [1.807, 2.05) is 58.0 Å². The minimum atomic E-state index is -0.611. The molecular formula is C24H30Cl2N2O2. The van der Waals surface area contributed by atoms with E-state index >= 15 is 0 Å². The second-order valence-electron chi connectivity index (χ2n) is 8.37. The molecule has 0 aromatic heterocycles. The van der Waals surface area contributed by atoms with E-state index < -0.39 is 11.6 Å². The van der Waals surface area contributed by atoms with Gasteiger partial charge in [-0.25, -0.2) is 0 Å². The molecule has 0 spiro atoms. The largest absolute Gasteiger partial charge is 0.350 e. The molecule has 1 atom stereocenters. The van der Waals surface area contributed by atoms with Crippen LogP contribution in [0.2, 0.25) is 10.0 Å². The molecule has 0 radical (unpaired) electrons. The summed E-state index contributed by atoms with van der Waals surface area (Å²) in [6.07, 6.45) is 1.39. The molecule has 6 heteroatoms. The molecule has 0 bridgehead atoms. The predicted molar refractivity (Wildman–Crippen MR) is 124 cm³/mol. The van der Waals surface area contributed by atoms with Gasteiger partial charge in [0.15, 0.2) is 0 Å². The molecule has 2 amide bonds. The lowest BCUT2D eigenvalue weighted by Crippen LogP contribution is -2.53. The van der Waals surface area contributed by atoms with Gasteiger partial charge in [-0.05, 0) is 51.3 Å². The standard InChI is InChI=1S/C24H30Cl2N2O2/c1-5-21(23(30)27-24(2,3)4)28(16-18-19(25)12-9-13-20(18)26)22(29)15-14-17-10-7-6-8-11-17/h6-13,21H,5,14-16H2,1-4H3,(H,27,30)/t21-/m1/s1. The second kappa shape index (κ2) is 10.8. The number of amides is 2. The van der Waals surface area contributed by atoms with Crippen LogP contribution in [0.4, 0.5) is 0 Å². The highest BCUT2D eigenvalue weighted by Gasteiger charge is 2.31. The molecule has 0 saturated heterocycles. The molecule has 162 valence electrons. The molecule has 1 N–H and O–H groups in total. The number of carbonyl (C=O) groups excluding carboxylic acids is 2. The Morgan fingerprint density at radius 2 is 1.60 bits per heavy atom. The molecule has 30 heavy (non-hydrogen) atoms.